The molecule has 0 saturated carbocycles. The van der Waals surface area contributed by atoms with Gasteiger partial charge in [0, 0.05) is 5.69 Å². The minimum atomic E-state index is 0.342. The first-order valence-corrected chi connectivity index (χ1v) is 8.35. The van der Waals surface area contributed by atoms with Gasteiger partial charge in [0.15, 0.2) is 11.0 Å². The Morgan fingerprint density at radius 2 is 1.65 bits per heavy atom. The zero-order valence-corrected chi connectivity index (χ0v) is 13.8. The van der Waals surface area contributed by atoms with Gasteiger partial charge in [-0.25, -0.2) is 0 Å². The highest BCUT2D eigenvalue weighted by Gasteiger charge is 2.13. The molecule has 6 heteroatoms. The van der Waals surface area contributed by atoms with Crippen molar-refractivity contribution in [3.63, 3.8) is 0 Å². The molecule has 0 fully saturated rings. The Labute approximate surface area is 139 Å². The van der Waals surface area contributed by atoms with Crippen molar-refractivity contribution in [1.29, 1.82) is 0 Å². The van der Waals surface area contributed by atoms with Gasteiger partial charge in [0.25, 0.3) is 0 Å². The van der Waals surface area contributed by atoms with E-state index in [-0.39, 0.29) is 0 Å². The molecular formula is C17H17N3O2S. The molecule has 0 amide bonds. The van der Waals surface area contributed by atoms with Crippen molar-refractivity contribution in [3.05, 3.63) is 60.4 Å². The fraction of sp³-hybridized carbons (Fsp3) is 0.176. The van der Waals surface area contributed by atoms with Crippen molar-refractivity contribution in [2.45, 2.75) is 11.8 Å². The molecule has 0 atom stereocenters. The standard InChI is InChI=1S/C17H17N3O2S/c1-21-14-8-10-15(11-9-14)22-12-16-18-19-17(23-2)20(16)13-6-4-3-5-7-13/h3-11H,12H2,1-2H3. The Bertz CT molecular complexity index is 757. The van der Waals surface area contributed by atoms with Crippen LogP contribution in [0.2, 0.25) is 0 Å². The van der Waals surface area contributed by atoms with Crippen LogP contribution in [0.15, 0.2) is 59.8 Å². The van der Waals surface area contributed by atoms with Crippen molar-refractivity contribution in [2.75, 3.05) is 13.4 Å². The van der Waals surface area contributed by atoms with Crippen LogP contribution in [0.1, 0.15) is 5.82 Å². The van der Waals surface area contributed by atoms with E-state index in [9.17, 15) is 0 Å². The number of benzene rings is 2. The molecule has 118 valence electrons. The summed E-state index contributed by atoms with van der Waals surface area (Å²) in [6.45, 7) is 0.342. The van der Waals surface area contributed by atoms with Gasteiger partial charge < -0.3 is 9.47 Å². The molecule has 0 aliphatic carbocycles. The molecule has 0 aliphatic rings. The number of thioether (sulfide) groups is 1. The quantitative estimate of drug-likeness (QED) is 0.648. The summed E-state index contributed by atoms with van der Waals surface area (Å²) >= 11 is 1.55. The lowest BCUT2D eigenvalue weighted by Gasteiger charge is -2.10. The maximum Gasteiger partial charge on any atom is 0.195 e. The lowest BCUT2D eigenvalue weighted by molar-refractivity contribution is 0.292. The van der Waals surface area contributed by atoms with E-state index in [2.05, 4.69) is 10.2 Å². The Hall–Kier alpha value is -2.47. The number of aromatic nitrogens is 3. The molecule has 0 spiro atoms. The first-order valence-electron chi connectivity index (χ1n) is 7.12. The fourth-order valence-electron chi connectivity index (χ4n) is 2.18. The molecule has 1 heterocycles. The molecule has 0 radical (unpaired) electrons. The van der Waals surface area contributed by atoms with Gasteiger partial charge in [-0.1, -0.05) is 30.0 Å². The molecule has 3 rings (SSSR count). The maximum absolute atomic E-state index is 5.82. The van der Waals surface area contributed by atoms with Crippen molar-refractivity contribution in [3.8, 4) is 17.2 Å². The summed E-state index contributed by atoms with van der Waals surface area (Å²) in [5.74, 6) is 2.32. The molecule has 5 nitrogen and oxygen atoms in total. The highest BCUT2D eigenvalue weighted by atomic mass is 32.2. The van der Waals surface area contributed by atoms with Crippen LogP contribution in [0.4, 0.5) is 0 Å². The SMILES string of the molecule is COc1ccc(OCc2nnc(SC)n2-c2ccccc2)cc1. The van der Waals surface area contributed by atoms with Crippen molar-refractivity contribution in [2.24, 2.45) is 0 Å². The Morgan fingerprint density at radius 3 is 2.30 bits per heavy atom. The van der Waals surface area contributed by atoms with Crippen LogP contribution in [0.5, 0.6) is 11.5 Å². The highest BCUT2D eigenvalue weighted by molar-refractivity contribution is 7.98. The van der Waals surface area contributed by atoms with Gasteiger partial charge in [-0.3, -0.25) is 4.57 Å². The van der Waals surface area contributed by atoms with E-state index in [1.54, 1.807) is 18.9 Å². The molecule has 0 aliphatic heterocycles. The van der Waals surface area contributed by atoms with Gasteiger partial charge in [-0.2, -0.15) is 0 Å². The van der Waals surface area contributed by atoms with Gasteiger partial charge >= 0.3 is 0 Å². The molecule has 0 N–H and O–H groups in total. The van der Waals surface area contributed by atoms with Crippen molar-refractivity contribution < 1.29 is 9.47 Å². The normalized spacial score (nSPS) is 10.5. The molecule has 23 heavy (non-hydrogen) atoms. The van der Waals surface area contributed by atoms with Crippen LogP contribution in [0.25, 0.3) is 5.69 Å². The second-order valence-electron chi connectivity index (χ2n) is 4.74. The second-order valence-corrected chi connectivity index (χ2v) is 5.51. The van der Waals surface area contributed by atoms with Crippen molar-refractivity contribution >= 4 is 11.8 Å². The van der Waals surface area contributed by atoms with Crippen LogP contribution in [-0.4, -0.2) is 28.1 Å². The third-order valence-electron chi connectivity index (χ3n) is 3.32. The monoisotopic (exact) mass is 327 g/mol. The maximum atomic E-state index is 5.82. The van der Waals surface area contributed by atoms with E-state index in [1.165, 1.54) is 0 Å². The summed E-state index contributed by atoms with van der Waals surface area (Å²) in [6, 6.07) is 17.5. The number of nitrogens with zero attached hydrogens (tertiary/aromatic N) is 3. The lowest BCUT2D eigenvalue weighted by Crippen LogP contribution is -2.06. The number of rotatable bonds is 6. The summed E-state index contributed by atoms with van der Waals surface area (Å²) in [6.07, 6.45) is 1.98. The molecule has 0 unspecified atom stereocenters. The number of hydrogen-bond donors (Lipinski definition) is 0. The van der Waals surface area contributed by atoms with Gasteiger partial charge in [0.2, 0.25) is 0 Å². The first-order chi connectivity index (χ1) is 11.3. The van der Waals surface area contributed by atoms with E-state index >= 15 is 0 Å². The van der Waals surface area contributed by atoms with E-state index < -0.39 is 0 Å². The van der Waals surface area contributed by atoms with Crippen LogP contribution >= 0.6 is 11.8 Å². The molecule has 0 bridgehead atoms. The summed E-state index contributed by atoms with van der Waals surface area (Å²) < 4.78 is 13.0. The number of hydrogen-bond acceptors (Lipinski definition) is 5. The van der Waals surface area contributed by atoms with Crippen LogP contribution in [0, 0.1) is 0 Å². The van der Waals surface area contributed by atoms with Gasteiger partial charge in [0.05, 0.1) is 7.11 Å². The molecule has 2 aromatic carbocycles. The number of methoxy groups -OCH3 is 1. The second kappa shape index (κ2) is 7.19. The lowest BCUT2D eigenvalue weighted by atomic mass is 10.3. The average molecular weight is 327 g/mol. The van der Waals surface area contributed by atoms with E-state index in [4.69, 9.17) is 9.47 Å². The molecule has 3 aromatic rings. The van der Waals surface area contributed by atoms with Crippen molar-refractivity contribution in [1.82, 2.24) is 14.8 Å². The summed E-state index contributed by atoms with van der Waals surface area (Å²) in [5, 5.41) is 9.32. The topological polar surface area (TPSA) is 49.2 Å². The van der Waals surface area contributed by atoms with Crippen LogP contribution < -0.4 is 9.47 Å². The zero-order chi connectivity index (χ0) is 16.1. The molecule has 1 aromatic heterocycles. The van der Waals surface area contributed by atoms with E-state index in [0.29, 0.717) is 6.61 Å². The summed E-state index contributed by atoms with van der Waals surface area (Å²) in [7, 11) is 1.64. The Morgan fingerprint density at radius 1 is 0.957 bits per heavy atom. The molecular weight excluding hydrogens is 310 g/mol. The van der Waals surface area contributed by atoms with Gasteiger partial charge in [-0.15, -0.1) is 10.2 Å². The molecule has 0 saturated heterocycles. The summed E-state index contributed by atoms with van der Waals surface area (Å²) in [4.78, 5) is 0. The average Bonchev–Trinajstić information content (AvgIpc) is 3.04. The smallest absolute Gasteiger partial charge is 0.195 e. The predicted octanol–water partition coefficient (Wildman–Crippen LogP) is 3.58. The van der Waals surface area contributed by atoms with E-state index in [1.807, 2.05) is 65.4 Å². The minimum Gasteiger partial charge on any atom is -0.497 e. The fourth-order valence-corrected chi connectivity index (χ4v) is 2.70. The number of para-hydroxylation sites is 1. The van der Waals surface area contributed by atoms with Crippen LogP contribution in [0.3, 0.4) is 0 Å². The first kappa shape index (κ1) is 15.4. The Kier molecular flexibility index (Phi) is 4.83. The third-order valence-corrected chi connectivity index (χ3v) is 3.95. The largest absolute Gasteiger partial charge is 0.497 e. The number of ether oxygens (including phenoxy) is 2. The van der Waals surface area contributed by atoms with Crippen LogP contribution in [-0.2, 0) is 6.61 Å². The zero-order valence-electron chi connectivity index (χ0n) is 13.0. The van der Waals surface area contributed by atoms with E-state index in [0.717, 1.165) is 28.2 Å². The van der Waals surface area contributed by atoms with Gasteiger partial charge in [-0.05, 0) is 42.7 Å². The highest BCUT2D eigenvalue weighted by Crippen LogP contribution is 2.22. The van der Waals surface area contributed by atoms with Gasteiger partial charge in [0.1, 0.15) is 18.1 Å². The third kappa shape index (κ3) is 3.48. The minimum absolute atomic E-state index is 0.342. The Balaban J connectivity index is 1.81. The summed E-state index contributed by atoms with van der Waals surface area (Å²) in [5.41, 5.74) is 1.02. The predicted molar refractivity (Wildman–Crippen MR) is 90.5 cm³/mol.